The molecule has 150 valence electrons. The van der Waals surface area contributed by atoms with Crippen LogP contribution in [0.3, 0.4) is 0 Å². The highest BCUT2D eigenvalue weighted by Crippen LogP contribution is 2.19. The first-order chi connectivity index (χ1) is 12.7. The van der Waals surface area contributed by atoms with Crippen molar-refractivity contribution in [1.29, 1.82) is 0 Å². The van der Waals surface area contributed by atoms with Crippen LogP contribution in [0.2, 0.25) is 0 Å². The molecule has 0 saturated heterocycles. The Morgan fingerprint density at radius 2 is 1.85 bits per heavy atom. The van der Waals surface area contributed by atoms with Gasteiger partial charge >= 0.3 is 0 Å². The Morgan fingerprint density at radius 3 is 2.41 bits per heavy atom. The van der Waals surface area contributed by atoms with Crippen molar-refractivity contribution in [2.75, 3.05) is 26.2 Å². The second-order valence-corrected chi connectivity index (χ2v) is 6.08. The highest BCUT2D eigenvalue weighted by Gasteiger charge is 2.18. The van der Waals surface area contributed by atoms with Crippen LogP contribution in [0.15, 0.2) is 41.7 Å². The van der Waals surface area contributed by atoms with E-state index in [0.29, 0.717) is 12.6 Å². The van der Waals surface area contributed by atoms with Crippen LogP contribution in [-0.4, -0.2) is 51.8 Å². The molecule has 0 bridgehead atoms. The summed E-state index contributed by atoms with van der Waals surface area (Å²) < 4.78 is 1.88. The molecule has 2 N–H and O–H groups in total. The Morgan fingerprint density at radius 1 is 1.15 bits per heavy atom. The van der Waals surface area contributed by atoms with E-state index in [1.165, 1.54) is 5.56 Å². The molecule has 1 atom stereocenters. The predicted octanol–water partition coefficient (Wildman–Crippen LogP) is 2.57. The van der Waals surface area contributed by atoms with E-state index in [9.17, 15) is 0 Å². The van der Waals surface area contributed by atoms with Crippen LogP contribution in [0.25, 0.3) is 0 Å². The number of benzene rings is 1. The molecule has 0 aliphatic carbocycles. The molecule has 1 aromatic carbocycles. The van der Waals surface area contributed by atoms with Crippen molar-refractivity contribution in [3.05, 3.63) is 48.0 Å². The standard InChI is InChI=1S/C19H31N7.HI/c1-5-20-19(22-14-18-24-23-15-25(18)4)21-13-17(26(6-2)7-3)16-11-9-8-10-12-16;/h8-12,15,17H,5-7,13-14H2,1-4H3,(H2,20,21,22);1H. The first-order valence-corrected chi connectivity index (χ1v) is 9.33. The van der Waals surface area contributed by atoms with Gasteiger partial charge in [-0.25, -0.2) is 4.99 Å². The molecule has 0 aliphatic rings. The van der Waals surface area contributed by atoms with Gasteiger partial charge in [-0.15, -0.1) is 34.2 Å². The third-order valence-electron chi connectivity index (χ3n) is 4.43. The average molecular weight is 485 g/mol. The number of guanidine groups is 1. The van der Waals surface area contributed by atoms with Gasteiger partial charge in [0.15, 0.2) is 11.8 Å². The lowest BCUT2D eigenvalue weighted by Crippen LogP contribution is -2.43. The molecular weight excluding hydrogens is 453 g/mol. The zero-order valence-electron chi connectivity index (χ0n) is 16.7. The number of nitrogens with zero attached hydrogens (tertiary/aromatic N) is 5. The maximum atomic E-state index is 4.65. The van der Waals surface area contributed by atoms with Gasteiger partial charge in [0.05, 0.1) is 6.04 Å². The van der Waals surface area contributed by atoms with Crippen molar-refractivity contribution in [2.24, 2.45) is 12.0 Å². The molecule has 7 nitrogen and oxygen atoms in total. The monoisotopic (exact) mass is 485 g/mol. The van der Waals surface area contributed by atoms with E-state index in [2.05, 4.69) is 81.8 Å². The lowest BCUT2D eigenvalue weighted by Gasteiger charge is -2.30. The highest BCUT2D eigenvalue weighted by molar-refractivity contribution is 14.0. The van der Waals surface area contributed by atoms with E-state index in [1.54, 1.807) is 6.33 Å². The van der Waals surface area contributed by atoms with Gasteiger partial charge < -0.3 is 15.2 Å². The van der Waals surface area contributed by atoms with E-state index in [1.807, 2.05) is 11.6 Å². The van der Waals surface area contributed by atoms with Crippen LogP contribution >= 0.6 is 24.0 Å². The van der Waals surface area contributed by atoms with Crippen LogP contribution in [0.1, 0.15) is 38.2 Å². The van der Waals surface area contributed by atoms with Crippen LogP contribution in [0.5, 0.6) is 0 Å². The fraction of sp³-hybridized carbons (Fsp3) is 0.526. The lowest BCUT2D eigenvalue weighted by atomic mass is 10.1. The van der Waals surface area contributed by atoms with Crippen LogP contribution in [-0.2, 0) is 13.6 Å². The van der Waals surface area contributed by atoms with E-state index in [0.717, 1.165) is 38.0 Å². The van der Waals surface area contributed by atoms with E-state index >= 15 is 0 Å². The normalized spacial score (nSPS) is 12.6. The van der Waals surface area contributed by atoms with E-state index in [4.69, 9.17) is 0 Å². The largest absolute Gasteiger partial charge is 0.357 e. The minimum atomic E-state index is 0. The summed E-state index contributed by atoms with van der Waals surface area (Å²) in [5.41, 5.74) is 1.31. The third kappa shape index (κ3) is 7.10. The maximum absolute atomic E-state index is 4.65. The number of aliphatic imine (C=N–C) groups is 1. The minimum absolute atomic E-state index is 0. The number of rotatable bonds is 9. The molecule has 0 amide bonds. The van der Waals surface area contributed by atoms with Gasteiger partial charge in [-0.3, -0.25) is 4.90 Å². The minimum Gasteiger partial charge on any atom is -0.357 e. The maximum Gasteiger partial charge on any atom is 0.191 e. The van der Waals surface area contributed by atoms with Gasteiger partial charge in [-0.2, -0.15) is 0 Å². The van der Waals surface area contributed by atoms with Gasteiger partial charge in [-0.1, -0.05) is 44.2 Å². The molecule has 0 saturated carbocycles. The summed E-state index contributed by atoms with van der Waals surface area (Å²) in [4.78, 5) is 7.10. The number of aryl methyl sites for hydroxylation is 1. The SMILES string of the molecule is CCNC(=NCc1nncn1C)NCC(c1ccccc1)N(CC)CC.I. The molecule has 1 unspecified atom stereocenters. The summed E-state index contributed by atoms with van der Waals surface area (Å²) in [6.45, 7) is 10.6. The Balaban J connectivity index is 0.00000364. The van der Waals surface area contributed by atoms with Crippen LogP contribution < -0.4 is 10.6 Å². The molecule has 0 fully saturated rings. The topological polar surface area (TPSA) is 70.4 Å². The third-order valence-corrected chi connectivity index (χ3v) is 4.43. The predicted molar refractivity (Wildman–Crippen MR) is 121 cm³/mol. The smallest absolute Gasteiger partial charge is 0.191 e. The molecule has 0 aliphatic heterocycles. The van der Waals surface area contributed by atoms with E-state index < -0.39 is 0 Å². The summed E-state index contributed by atoms with van der Waals surface area (Å²) in [5.74, 6) is 1.63. The van der Waals surface area contributed by atoms with Gasteiger partial charge in [0.25, 0.3) is 0 Å². The zero-order chi connectivity index (χ0) is 18.8. The average Bonchev–Trinajstić information content (AvgIpc) is 3.08. The van der Waals surface area contributed by atoms with Crippen molar-refractivity contribution in [3.63, 3.8) is 0 Å². The number of aromatic nitrogens is 3. The molecule has 1 aromatic heterocycles. The summed E-state index contributed by atoms with van der Waals surface area (Å²) in [7, 11) is 1.93. The first kappa shape index (κ1) is 23.4. The number of hydrogen-bond donors (Lipinski definition) is 2. The first-order valence-electron chi connectivity index (χ1n) is 9.33. The number of likely N-dealkylation sites (N-methyl/N-ethyl adjacent to an activating group) is 1. The van der Waals surface area contributed by atoms with Crippen molar-refractivity contribution in [2.45, 2.75) is 33.4 Å². The molecule has 0 spiro atoms. The second kappa shape index (κ2) is 12.7. The molecular formula is C19H32IN7. The Hall–Kier alpha value is -1.68. The van der Waals surface area contributed by atoms with Gasteiger partial charge in [0.1, 0.15) is 12.9 Å². The Labute approximate surface area is 179 Å². The fourth-order valence-corrected chi connectivity index (χ4v) is 2.93. The van der Waals surface area contributed by atoms with Crippen molar-refractivity contribution < 1.29 is 0 Å². The van der Waals surface area contributed by atoms with Gasteiger partial charge in [0, 0.05) is 20.1 Å². The highest BCUT2D eigenvalue weighted by atomic mass is 127. The number of halogens is 1. The number of hydrogen-bond acceptors (Lipinski definition) is 4. The molecule has 0 radical (unpaired) electrons. The Kier molecular flexibility index (Phi) is 11.0. The zero-order valence-corrected chi connectivity index (χ0v) is 19.1. The summed E-state index contributed by atoms with van der Waals surface area (Å²) in [5, 5.41) is 14.8. The lowest BCUT2D eigenvalue weighted by molar-refractivity contribution is 0.219. The molecule has 8 heteroatoms. The van der Waals surface area contributed by atoms with Crippen molar-refractivity contribution in [3.8, 4) is 0 Å². The fourth-order valence-electron chi connectivity index (χ4n) is 2.93. The van der Waals surface area contributed by atoms with Gasteiger partial charge in [-0.05, 0) is 25.6 Å². The van der Waals surface area contributed by atoms with Crippen LogP contribution in [0, 0.1) is 0 Å². The quantitative estimate of drug-likeness (QED) is 0.325. The molecule has 2 aromatic rings. The van der Waals surface area contributed by atoms with Crippen LogP contribution in [0.4, 0.5) is 0 Å². The van der Waals surface area contributed by atoms with Crippen molar-refractivity contribution >= 4 is 29.9 Å². The summed E-state index contributed by atoms with van der Waals surface area (Å²) in [6.07, 6.45) is 1.69. The Bertz CT molecular complexity index is 668. The van der Waals surface area contributed by atoms with Crippen molar-refractivity contribution in [1.82, 2.24) is 30.3 Å². The molecule has 2 rings (SSSR count). The number of nitrogens with one attached hydrogen (secondary N) is 2. The second-order valence-electron chi connectivity index (χ2n) is 6.08. The van der Waals surface area contributed by atoms with E-state index in [-0.39, 0.29) is 24.0 Å². The summed E-state index contributed by atoms with van der Waals surface area (Å²) >= 11 is 0. The van der Waals surface area contributed by atoms with Gasteiger partial charge in [0.2, 0.25) is 0 Å². The molecule has 27 heavy (non-hydrogen) atoms. The summed E-state index contributed by atoms with van der Waals surface area (Å²) in [6, 6.07) is 10.9. The molecule has 1 heterocycles.